The van der Waals surface area contributed by atoms with Gasteiger partial charge in [0, 0.05) is 12.4 Å². The molecular weight excluding hydrogens is 198 g/mol. The van der Waals surface area contributed by atoms with Crippen molar-refractivity contribution in [3.63, 3.8) is 0 Å². The second-order valence-corrected chi connectivity index (χ2v) is 3.28. The summed E-state index contributed by atoms with van der Waals surface area (Å²) < 4.78 is 1.79. The van der Waals surface area contributed by atoms with E-state index in [0.717, 1.165) is 17.9 Å². The molecule has 0 aliphatic rings. The number of nitrogens with zero attached hydrogens (tertiary/aromatic N) is 3. The Morgan fingerprint density at radius 3 is 2.38 bits per heavy atom. The lowest BCUT2D eigenvalue weighted by atomic mass is 10.2. The highest BCUT2D eigenvalue weighted by molar-refractivity contribution is 5.24. The average molecular weight is 217 g/mol. The molecule has 16 heavy (non-hydrogen) atoms. The molecule has 0 aliphatic heterocycles. The fraction of sp³-hybridized carbons (Fsp3) is 0.385. The normalized spacial score (nSPS) is 9.50. The summed E-state index contributed by atoms with van der Waals surface area (Å²) >= 11 is 0. The molecule has 0 radical (unpaired) electrons. The molecule has 0 unspecified atom stereocenters. The zero-order valence-electron chi connectivity index (χ0n) is 10.4. The Morgan fingerprint density at radius 1 is 1.19 bits per heavy atom. The molecular formula is C13H19N3. The highest BCUT2D eigenvalue weighted by atomic mass is 15.3. The van der Waals surface area contributed by atoms with E-state index in [0.29, 0.717) is 0 Å². The first-order valence-electron chi connectivity index (χ1n) is 5.77. The molecule has 0 N–H and O–H groups in total. The second-order valence-electron chi connectivity index (χ2n) is 3.28. The van der Waals surface area contributed by atoms with E-state index in [2.05, 4.69) is 23.1 Å². The standard InChI is InChI=1S/C11H13N3.C2H6/c1-3-10-4-5-11(12-8-10)14-7-6-9(2)13-14;1-2/h4-8H,3H2,1-2H3;1-2H3. The number of rotatable bonds is 2. The van der Waals surface area contributed by atoms with Crippen molar-refractivity contribution in [3.05, 3.63) is 41.9 Å². The summed E-state index contributed by atoms with van der Waals surface area (Å²) in [4.78, 5) is 4.33. The van der Waals surface area contributed by atoms with Gasteiger partial charge >= 0.3 is 0 Å². The molecule has 2 rings (SSSR count). The summed E-state index contributed by atoms with van der Waals surface area (Å²) in [5.74, 6) is 0.871. The van der Waals surface area contributed by atoms with Crippen LogP contribution in [0.1, 0.15) is 32.0 Å². The maximum absolute atomic E-state index is 4.33. The molecule has 0 saturated heterocycles. The van der Waals surface area contributed by atoms with Gasteiger partial charge in [0.15, 0.2) is 5.82 Å². The van der Waals surface area contributed by atoms with E-state index in [9.17, 15) is 0 Å². The number of aromatic nitrogens is 3. The van der Waals surface area contributed by atoms with Crippen molar-refractivity contribution < 1.29 is 0 Å². The summed E-state index contributed by atoms with van der Waals surface area (Å²) in [6, 6.07) is 6.04. The first kappa shape index (κ1) is 12.4. The Morgan fingerprint density at radius 2 is 1.94 bits per heavy atom. The smallest absolute Gasteiger partial charge is 0.153 e. The lowest BCUT2D eigenvalue weighted by Crippen LogP contribution is -1.98. The summed E-state index contributed by atoms with van der Waals surface area (Å²) in [5, 5.41) is 4.29. The predicted octanol–water partition coefficient (Wildman–Crippen LogP) is 3.16. The lowest BCUT2D eigenvalue weighted by Gasteiger charge is -2.00. The van der Waals surface area contributed by atoms with Crippen LogP contribution in [-0.2, 0) is 6.42 Å². The maximum atomic E-state index is 4.33. The van der Waals surface area contributed by atoms with Crippen LogP contribution in [0.4, 0.5) is 0 Å². The Kier molecular flexibility index (Phi) is 4.70. The third-order valence-corrected chi connectivity index (χ3v) is 2.17. The second kappa shape index (κ2) is 6.05. The van der Waals surface area contributed by atoms with E-state index in [1.807, 2.05) is 45.3 Å². The Labute approximate surface area is 97.1 Å². The van der Waals surface area contributed by atoms with Gasteiger partial charge in [0.25, 0.3) is 0 Å². The van der Waals surface area contributed by atoms with Crippen molar-refractivity contribution in [1.29, 1.82) is 0 Å². The first-order chi connectivity index (χ1) is 7.79. The van der Waals surface area contributed by atoms with Crippen molar-refractivity contribution in [2.45, 2.75) is 34.1 Å². The molecule has 0 amide bonds. The van der Waals surface area contributed by atoms with E-state index >= 15 is 0 Å². The SMILES string of the molecule is CC.CCc1ccc(-n2ccc(C)n2)nc1. The van der Waals surface area contributed by atoms with Crippen molar-refractivity contribution in [3.8, 4) is 5.82 Å². The molecule has 3 heteroatoms. The maximum Gasteiger partial charge on any atom is 0.153 e. The van der Waals surface area contributed by atoms with Crippen LogP contribution in [0.5, 0.6) is 0 Å². The van der Waals surface area contributed by atoms with Gasteiger partial charge in [-0.15, -0.1) is 0 Å². The van der Waals surface area contributed by atoms with E-state index in [1.165, 1.54) is 5.56 Å². The molecule has 2 heterocycles. The minimum Gasteiger partial charge on any atom is -0.237 e. The molecule has 0 saturated carbocycles. The topological polar surface area (TPSA) is 30.7 Å². The Hall–Kier alpha value is -1.64. The predicted molar refractivity (Wildman–Crippen MR) is 66.8 cm³/mol. The number of aryl methyl sites for hydroxylation is 2. The van der Waals surface area contributed by atoms with E-state index in [1.54, 1.807) is 4.68 Å². The van der Waals surface area contributed by atoms with Crippen molar-refractivity contribution in [1.82, 2.24) is 14.8 Å². The van der Waals surface area contributed by atoms with Crippen LogP contribution in [0, 0.1) is 6.92 Å². The van der Waals surface area contributed by atoms with E-state index in [-0.39, 0.29) is 0 Å². The number of hydrogen-bond donors (Lipinski definition) is 0. The van der Waals surface area contributed by atoms with Gasteiger partial charge < -0.3 is 0 Å². The summed E-state index contributed by atoms with van der Waals surface area (Å²) in [7, 11) is 0. The summed E-state index contributed by atoms with van der Waals surface area (Å²) in [5.41, 5.74) is 2.25. The molecule has 0 spiro atoms. The lowest BCUT2D eigenvalue weighted by molar-refractivity contribution is 0.829. The number of hydrogen-bond acceptors (Lipinski definition) is 2. The fourth-order valence-electron chi connectivity index (χ4n) is 1.30. The van der Waals surface area contributed by atoms with Gasteiger partial charge in [0.1, 0.15) is 0 Å². The van der Waals surface area contributed by atoms with E-state index in [4.69, 9.17) is 0 Å². The molecule has 86 valence electrons. The third kappa shape index (κ3) is 2.92. The first-order valence-corrected chi connectivity index (χ1v) is 5.77. The number of pyridine rings is 1. The molecule has 0 atom stereocenters. The highest BCUT2D eigenvalue weighted by Crippen LogP contribution is 2.05. The Bertz CT molecular complexity index is 415. The third-order valence-electron chi connectivity index (χ3n) is 2.17. The zero-order valence-corrected chi connectivity index (χ0v) is 10.4. The Balaban J connectivity index is 0.000000606. The zero-order chi connectivity index (χ0) is 12.0. The van der Waals surface area contributed by atoms with Crippen LogP contribution in [0.2, 0.25) is 0 Å². The van der Waals surface area contributed by atoms with Gasteiger partial charge in [-0.05, 0) is 31.0 Å². The summed E-state index contributed by atoms with van der Waals surface area (Å²) in [6.45, 7) is 8.09. The molecule has 0 aliphatic carbocycles. The molecule has 2 aromatic heterocycles. The minimum atomic E-state index is 0.871. The van der Waals surface area contributed by atoms with Gasteiger partial charge in [-0.1, -0.05) is 26.8 Å². The molecule has 0 aromatic carbocycles. The largest absolute Gasteiger partial charge is 0.237 e. The van der Waals surface area contributed by atoms with Gasteiger partial charge in [-0.3, -0.25) is 0 Å². The van der Waals surface area contributed by atoms with Crippen LogP contribution < -0.4 is 0 Å². The molecule has 0 fully saturated rings. The summed E-state index contributed by atoms with van der Waals surface area (Å²) in [6.07, 6.45) is 4.83. The van der Waals surface area contributed by atoms with Crippen LogP contribution in [0.15, 0.2) is 30.6 Å². The fourth-order valence-corrected chi connectivity index (χ4v) is 1.30. The average Bonchev–Trinajstić information content (AvgIpc) is 2.79. The van der Waals surface area contributed by atoms with Crippen LogP contribution >= 0.6 is 0 Å². The van der Waals surface area contributed by atoms with Gasteiger partial charge in [0.2, 0.25) is 0 Å². The molecule has 3 nitrogen and oxygen atoms in total. The molecule has 2 aromatic rings. The van der Waals surface area contributed by atoms with Gasteiger partial charge in [-0.25, -0.2) is 9.67 Å². The highest BCUT2D eigenvalue weighted by Gasteiger charge is 1.98. The van der Waals surface area contributed by atoms with Crippen LogP contribution in [-0.4, -0.2) is 14.8 Å². The monoisotopic (exact) mass is 217 g/mol. The van der Waals surface area contributed by atoms with Crippen LogP contribution in [0.25, 0.3) is 5.82 Å². The van der Waals surface area contributed by atoms with Crippen LogP contribution in [0.3, 0.4) is 0 Å². The van der Waals surface area contributed by atoms with Crippen molar-refractivity contribution >= 4 is 0 Å². The van der Waals surface area contributed by atoms with Gasteiger partial charge in [-0.2, -0.15) is 5.10 Å². The van der Waals surface area contributed by atoms with E-state index < -0.39 is 0 Å². The minimum absolute atomic E-state index is 0.871. The van der Waals surface area contributed by atoms with Crippen molar-refractivity contribution in [2.75, 3.05) is 0 Å². The van der Waals surface area contributed by atoms with Crippen molar-refractivity contribution in [2.24, 2.45) is 0 Å². The quantitative estimate of drug-likeness (QED) is 0.773. The van der Waals surface area contributed by atoms with Gasteiger partial charge in [0.05, 0.1) is 5.69 Å². The molecule has 0 bridgehead atoms.